The van der Waals surface area contributed by atoms with Crippen LogP contribution in [-0.2, 0) is 29.7 Å². The molecule has 33 heavy (non-hydrogen) atoms. The van der Waals surface area contributed by atoms with Crippen molar-refractivity contribution < 1.29 is 27.9 Å². The molecule has 2 aliphatic heterocycles. The number of hydrogen-bond acceptors (Lipinski definition) is 4. The average molecular weight is 467 g/mol. The van der Waals surface area contributed by atoms with Gasteiger partial charge in [-0.3, -0.25) is 14.4 Å². The number of carboxylic acid groups (broad SMARTS) is 1. The molecule has 1 spiro atoms. The van der Waals surface area contributed by atoms with Crippen molar-refractivity contribution in [1.82, 2.24) is 19.6 Å². The first-order valence-electron chi connectivity index (χ1n) is 10.8. The number of carbonyl (C=O) groups is 2. The smallest absolute Gasteiger partial charge is 0.475 e. The van der Waals surface area contributed by atoms with Crippen LogP contribution in [0.4, 0.5) is 13.2 Å². The van der Waals surface area contributed by atoms with E-state index in [1.807, 2.05) is 17.9 Å². The van der Waals surface area contributed by atoms with Crippen LogP contribution in [0.25, 0.3) is 0 Å². The van der Waals surface area contributed by atoms with Crippen LogP contribution in [0.5, 0.6) is 0 Å². The summed E-state index contributed by atoms with van der Waals surface area (Å²) in [5.41, 5.74) is 3.95. The summed E-state index contributed by atoms with van der Waals surface area (Å²) >= 11 is 0. The first-order chi connectivity index (χ1) is 15.5. The van der Waals surface area contributed by atoms with Crippen molar-refractivity contribution in [3.8, 4) is 0 Å². The molecule has 7 nitrogen and oxygen atoms in total. The summed E-state index contributed by atoms with van der Waals surface area (Å²) in [5.74, 6) is -2.43. The molecule has 180 valence electrons. The molecule has 0 bridgehead atoms. The Morgan fingerprint density at radius 2 is 1.85 bits per heavy atom. The zero-order valence-electron chi connectivity index (χ0n) is 18.8. The zero-order valence-corrected chi connectivity index (χ0v) is 18.8. The summed E-state index contributed by atoms with van der Waals surface area (Å²) < 4.78 is 33.6. The highest BCUT2D eigenvalue weighted by Crippen LogP contribution is 2.41. The number of aryl methyl sites for hydroxylation is 2. The normalized spacial score (nSPS) is 18.3. The Morgan fingerprint density at radius 1 is 1.18 bits per heavy atom. The van der Waals surface area contributed by atoms with E-state index in [4.69, 9.17) is 9.90 Å². The minimum Gasteiger partial charge on any atom is -0.475 e. The number of carbonyl (C=O) groups excluding carboxylic acids is 1. The van der Waals surface area contributed by atoms with Gasteiger partial charge in [-0.2, -0.15) is 18.3 Å². The van der Waals surface area contributed by atoms with Crippen molar-refractivity contribution in [2.24, 2.45) is 12.5 Å². The van der Waals surface area contributed by atoms with Crippen LogP contribution in [0.15, 0.2) is 36.7 Å². The zero-order chi connectivity index (χ0) is 24.2. The molecule has 0 radical (unpaired) electrons. The number of amides is 1. The molecular weight excluding hydrogens is 437 g/mol. The molecule has 2 aliphatic rings. The first-order valence-corrected chi connectivity index (χ1v) is 10.8. The van der Waals surface area contributed by atoms with Gasteiger partial charge < -0.3 is 10.0 Å². The number of benzene rings is 1. The van der Waals surface area contributed by atoms with Crippen LogP contribution in [0.2, 0.25) is 0 Å². The van der Waals surface area contributed by atoms with Gasteiger partial charge in [0.1, 0.15) is 0 Å². The van der Waals surface area contributed by atoms with Crippen molar-refractivity contribution in [3.63, 3.8) is 0 Å². The lowest BCUT2D eigenvalue weighted by Crippen LogP contribution is -2.41. The van der Waals surface area contributed by atoms with Gasteiger partial charge in [0.15, 0.2) is 0 Å². The highest BCUT2D eigenvalue weighted by Gasteiger charge is 2.44. The standard InChI is InChI=1S/C21H28N4O.C2HF3O2/c1-17-4-3-5-18(10-17)15-25-16-21(11-20(25)26)6-8-24(9-7-21)14-19-12-22-23(2)13-19;3-2(4,5)1(6)7/h3-5,10,12-13H,6-9,11,14-16H2,1-2H3;(H,6,7). The average Bonchev–Trinajstić information content (AvgIpc) is 3.26. The number of halogens is 3. The lowest BCUT2D eigenvalue weighted by molar-refractivity contribution is -0.192. The molecule has 1 amide bonds. The minimum absolute atomic E-state index is 0.187. The molecule has 1 aromatic carbocycles. The number of likely N-dealkylation sites (tertiary alicyclic amines) is 2. The van der Waals surface area contributed by atoms with Gasteiger partial charge in [-0.15, -0.1) is 0 Å². The molecule has 4 rings (SSSR count). The van der Waals surface area contributed by atoms with Gasteiger partial charge in [0.05, 0.1) is 6.20 Å². The molecule has 1 N–H and O–H groups in total. The number of alkyl halides is 3. The third kappa shape index (κ3) is 6.80. The van der Waals surface area contributed by atoms with Crippen LogP contribution in [0.3, 0.4) is 0 Å². The Kier molecular flexibility index (Phi) is 7.46. The molecule has 2 saturated heterocycles. The van der Waals surface area contributed by atoms with Crippen LogP contribution in [0.1, 0.15) is 36.0 Å². The molecule has 3 heterocycles. The Hall–Kier alpha value is -2.88. The number of carboxylic acids is 1. The maximum Gasteiger partial charge on any atom is 0.490 e. The van der Waals surface area contributed by atoms with Crippen LogP contribution in [-0.4, -0.2) is 62.4 Å². The van der Waals surface area contributed by atoms with E-state index >= 15 is 0 Å². The van der Waals surface area contributed by atoms with E-state index in [1.165, 1.54) is 16.7 Å². The van der Waals surface area contributed by atoms with E-state index < -0.39 is 12.1 Å². The van der Waals surface area contributed by atoms with E-state index in [-0.39, 0.29) is 5.41 Å². The maximum atomic E-state index is 12.6. The summed E-state index contributed by atoms with van der Waals surface area (Å²) in [5, 5.41) is 11.4. The fourth-order valence-electron chi connectivity index (χ4n) is 4.49. The lowest BCUT2D eigenvalue weighted by Gasteiger charge is -2.38. The highest BCUT2D eigenvalue weighted by molar-refractivity contribution is 5.79. The number of nitrogens with zero attached hydrogens (tertiary/aromatic N) is 4. The second kappa shape index (κ2) is 9.94. The molecule has 0 saturated carbocycles. The van der Waals surface area contributed by atoms with E-state index in [1.54, 1.807) is 0 Å². The second-order valence-corrected chi connectivity index (χ2v) is 9.02. The summed E-state index contributed by atoms with van der Waals surface area (Å²) in [6.45, 7) is 6.88. The van der Waals surface area contributed by atoms with Gasteiger partial charge in [0, 0.05) is 44.9 Å². The Bertz CT molecular complexity index is 981. The SMILES string of the molecule is Cc1cccc(CN2CC3(CCN(Cc4cnn(C)c4)CC3)CC2=O)c1.O=C(O)C(F)(F)F. The monoisotopic (exact) mass is 466 g/mol. The minimum atomic E-state index is -5.08. The largest absolute Gasteiger partial charge is 0.490 e. The fourth-order valence-corrected chi connectivity index (χ4v) is 4.49. The Labute approximate surface area is 190 Å². The summed E-state index contributed by atoms with van der Waals surface area (Å²) in [6, 6.07) is 8.50. The second-order valence-electron chi connectivity index (χ2n) is 9.02. The third-order valence-corrected chi connectivity index (χ3v) is 6.18. The quantitative estimate of drug-likeness (QED) is 0.748. The highest BCUT2D eigenvalue weighted by atomic mass is 19.4. The van der Waals surface area contributed by atoms with Crippen LogP contribution >= 0.6 is 0 Å². The third-order valence-electron chi connectivity index (χ3n) is 6.18. The summed E-state index contributed by atoms with van der Waals surface area (Å²) in [4.78, 5) is 26.1. The number of aliphatic carboxylic acids is 1. The predicted molar refractivity (Wildman–Crippen MR) is 115 cm³/mol. The summed E-state index contributed by atoms with van der Waals surface area (Å²) in [7, 11) is 1.96. The van der Waals surface area contributed by atoms with E-state index in [2.05, 4.69) is 52.3 Å². The Balaban J connectivity index is 0.000000383. The predicted octanol–water partition coefficient (Wildman–Crippen LogP) is 3.38. The van der Waals surface area contributed by atoms with Crippen molar-refractivity contribution in [3.05, 3.63) is 53.3 Å². The van der Waals surface area contributed by atoms with Gasteiger partial charge in [-0.25, -0.2) is 4.79 Å². The maximum absolute atomic E-state index is 12.6. The van der Waals surface area contributed by atoms with Crippen molar-refractivity contribution in [1.29, 1.82) is 0 Å². The van der Waals surface area contributed by atoms with Gasteiger partial charge >= 0.3 is 12.1 Å². The first kappa shape index (κ1) is 24.8. The molecule has 0 unspecified atom stereocenters. The molecule has 2 fully saturated rings. The molecule has 0 aliphatic carbocycles. The van der Waals surface area contributed by atoms with E-state index in [9.17, 15) is 18.0 Å². The van der Waals surface area contributed by atoms with Gasteiger partial charge in [0.2, 0.25) is 5.91 Å². The summed E-state index contributed by atoms with van der Waals surface area (Å²) in [6.07, 6.45) is 1.91. The van der Waals surface area contributed by atoms with E-state index in [0.717, 1.165) is 52.0 Å². The van der Waals surface area contributed by atoms with Crippen molar-refractivity contribution in [2.75, 3.05) is 19.6 Å². The fraction of sp³-hybridized carbons (Fsp3) is 0.522. The van der Waals surface area contributed by atoms with Crippen molar-refractivity contribution >= 4 is 11.9 Å². The Morgan fingerprint density at radius 3 is 2.39 bits per heavy atom. The van der Waals surface area contributed by atoms with Crippen molar-refractivity contribution in [2.45, 2.75) is 45.5 Å². The molecule has 2 aromatic rings. The number of rotatable bonds is 4. The van der Waals surface area contributed by atoms with Crippen LogP contribution < -0.4 is 0 Å². The number of hydrogen-bond donors (Lipinski definition) is 1. The number of piperidine rings is 1. The molecule has 0 atom stereocenters. The lowest BCUT2D eigenvalue weighted by atomic mass is 9.77. The number of aromatic nitrogens is 2. The van der Waals surface area contributed by atoms with Gasteiger partial charge in [0.25, 0.3) is 0 Å². The van der Waals surface area contributed by atoms with Crippen LogP contribution in [0, 0.1) is 12.3 Å². The molecular formula is C23H29F3N4O3. The van der Waals surface area contributed by atoms with E-state index in [0.29, 0.717) is 5.91 Å². The molecule has 1 aromatic heterocycles. The van der Waals surface area contributed by atoms with Gasteiger partial charge in [-0.1, -0.05) is 29.8 Å². The molecule has 10 heteroatoms. The van der Waals surface area contributed by atoms with Gasteiger partial charge in [-0.05, 0) is 43.8 Å². The topological polar surface area (TPSA) is 78.7 Å².